The van der Waals surface area contributed by atoms with E-state index in [-0.39, 0.29) is 18.4 Å². The van der Waals surface area contributed by atoms with Crippen molar-refractivity contribution in [3.8, 4) is 0 Å². The van der Waals surface area contributed by atoms with Crippen molar-refractivity contribution in [2.75, 3.05) is 6.54 Å². The first-order valence-corrected chi connectivity index (χ1v) is 5.17. The zero-order valence-corrected chi connectivity index (χ0v) is 9.32. The Labute approximate surface area is 90.0 Å². The Morgan fingerprint density at radius 3 is 2.47 bits per heavy atom. The zero-order chi connectivity index (χ0) is 11.8. The molecule has 0 aromatic carbocycles. The Balaban J connectivity index is 3.69. The van der Waals surface area contributed by atoms with Crippen LogP contribution >= 0.6 is 0 Å². The number of nitrogens with two attached hydrogens (primary N) is 1. The predicted molar refractivity (Wildman–Crippen MR) is 57.3 cm³/mol. The van der Waals surface area contributed by atoms with Gasteiger partial charge in [0.2, 0.25) is 5.91 Å². The number of carboxylic acid groups (broad SMARTS) is 1. The van der Waals surface area contributed by atoms with Gasteiger partial charge < -0.3 is 16.2 Å². The molecule has 1 amide bonds. The highest BCUT2D eigenvalue weighted by Crippen LogP contribution is 2.03. The van der Waals surface area contributed by atoms with Gasteiger partial charge in [0, 0.05) is 12.5 Å². The third-order valence-corrected chi connectivity index (χ3v) is 2.15. The first kappa shape index (κ1) is 13.9. The van der Waals surface area contributed by atoms with Crippen LogP contribution in [0.1, 0.15) is 33.1 Å². The van der Waals surface area contributed by atoms with Crippen LogP contribution in [0.3, 0.4) is 0 Å². The fourth-order valence-corrected chi connectivity index (χ4v) is 1.16. The van der Waals surface area contributed by atoms with Crippen LogP contribution in [0.4, 0.5) is 0 Å². The van der Waals surface area contributed by atoms with Gasteiger partial charge in [0.1, 0.15) is 0 Å². The predicted octanol–water partition coefficient (Wildman–Crippen LogP) is 0.341. The van der Waals surface area contributed by atoms with Crippen LogP contribution in [0, 0.1) is 5.92 Å². The summed E-state index contributed by atoms with van der Waals surface area (Å²) >= 11 is 0. The number of nitrogens with one attached hydrogen (secondary N) is 1. The van der Waals surface area contributed by atoms with Gasteiger partial charge in [-0.05, 0) is 25.8 Å². The Morgan fingerprint density at radius 1 is 1.40 bits per heavy atom. The van der Waals surface area contributed by atoms with Crippen LogP contribution in [0.2, 0.25) is 0 Å². The van der Waals surface area contributed by atoms with E-state index >= 15 is 0 Å². The number of aliphatic carboxylic acids is 1. The molecule has 0 aromatic rings. The molecule has 0 saturated carbocycles. The van der Waals surface area contributed by atoms with Crippen molar-refractivity contribution in [3.05, 3.63) is 0 Å². The van der Waals surface area contributed by atoms with Crippen molar-refractivity contribution in [2.24, 2.45) is 11.7 Å². The fourth-order valence-electron chi connectivity index (χ4n) is 1.16. The maximum Gasteiger partial charge on any atom is 0.305 e. The normalized spacial score (nSPS) is 14.3. The molecule has 0 aliphatic heterocycles. The lowest BCUT2D eigenvalue weighted by Crippen LogP contribution is -2.34. The summed E-state index contributed by atoms with van der Waals surface area (Å²) in [5.41, 5.74) is 5.42. The third-order valence-electron chi connectivity index (χ3n) is 2.15. The largest absolute Gasteiger partial charge is 0.481 e. The third kappa shape index (κ3) is 7.93. The summed E-state index contributed by atoms with van der Waals surface area (Å²) < 4.78 is 0. The second-order valence-electron chi connectivity index (χ2n) is 3.95. The topological polar surface area (TPSA) is 92.4 Å². The Bertz CT molecular complexity index is 219. The lowest BCUT2D eigenvalue weighted by Gasteiger charge is -2.12. The van der Waals surface area contributed by atoms with Crippen LogP contribution in [-0.2, 0) is 9.59 Å². The average Bonchev–Trinajstić information content (AvgIpc) is 2.12. The van der Waals surface area contributed by atoms with Crippen molar-refractivity contribution in [3.63, 3.8) is 0 Å². The van der Waals surface area contributed by atoms with E-state index in [1.165, 1.54) is 0 Å². The molecule has 5 heteroatoms. The van der Waals surface area contributed by atoms with Gasteiger partial charge in [-0.3, -0.25) is 9.59 Å². The molecule has 0 radical (unpaired) electrons. The first-order valence-electron chi connectivity index (χ1n) is 5.17. The van der Waals surface area contributed by atoms with Crippen LogP contribution in [0.5, 0.6) is 0 Å². The van der Waals surface area contributed by atoms with Crippen LogP contribution in [-0.4, -0.2) is 29.6 Å². The van der Waals surface area contributed by atoms with E-state index in [4.69, 9.17) is 10.8 Å². The lowest BCUT2D eigenvalue weighted by molar-refractivity contribution is -0.137. The van der Waals surface area contributed by atoms with E-state index in [1.807, 2.05) is 6.92 Å². The Morgan fingerprint density at radius 2 is 2.00 bits per heavy atom. The summed E-state index contributed by atoms with van der Waals surface area (Å²) in [5.74, 6) is -0.687. The van der Waals surface area contributed by atoms with Gasteiger partial charge in [-0.25, -0.2) is 0 Å². The van der Waals surface area contributed by atoms with Crippen LogP contribution in [0.25, 0.3) is 0 Å². The summed E-state index contributed by atoms with van der Waals surface area (Å²) in [6, 6.07) is -0.316. The van der Waals surface area contributed by atoms with Crippen molar-refractivity contribution in [1.82, 2.24) is 5.32 Å². The molecular formula is C10H20N2O3. The minimum Gasteiger partial charge on any atom is -0.481 e. The molecule has 4 N–H and O–H groups in total. The number of carbonyl (C=O) groups excluding carboxylic acids is 1. The number of hydrogen-bond donors (Lipinski definition) is 3. The standard InChI is InChI=1S/C10H20N2O3/c1-7(6-11)3-4-9(13)12-8(2)5-10(14)15/h7-8H,3-6,11H2,1-2H3,(H,12,13)(H,14,15). The maximum atomic E-state index is 11.3. The van der Waals surface area contributed by atoms with Gasteiger partial charge in [0.15, 0.2) is 0 Å². The van der Waals surface area contributed by atoms with Crippen LogP contribution < -0.4 is 11.1 Å². The number of carboxylic acids is 1. The minimum atomic E-state index is -0.905. The molecule has 0 aliphatic rings. The quantitative estimate of drug-likeness (QED) is 0.572. The van der Waals surface area contributed by atoms with E-state index < -0.39 is 5.97 Å². The van der Waals surface area contributed by atoms with Crippen molar-refractivity contribution in [1.29, 1.82) is 0 Å². The molecule has 0 spiro atoms. The fraction of sp³-hybridized carbons (Fsp3) is 0.800. The lowest BCUT2D eigenvalue weighted by atomic mass is 10.1. The molecule has 15 heavy (non-hydrogen) atoms. The number of amides is 1. The zero-order valence-electron chi connectivity index (χ0n) is 9.32. The molecular weight excluding hydrogens is 196 g/mol. The summed E-state index contributed by atoms with van der Waals surface area (Å²) in [6.45, 7) is 4.23. The molecule has 0 heterocycles. The highest BCUT2D eigenvalue weighted by molar-refractivity contribution is 5.77. The molecule has 0 rings (SSSR count). The highest BCUT2D eigenvalue weighted by atomic mass is 16.4. The van der Waals surface area contributed by atoms with Crippen molar-refractivity contribution < 1.29 is 14.7 Å². The van der Waals surface area contributed by atoms with Crippen molar-refractivity contribution >= 4 is 11.9 Å². The molecule has 0 saturated heterocycles. The summed E-state index contributed by atoms with van der Waals surface area (Å²) in [4.78, 5) is 21.6. The van der Waals surface area contributed by atoms with E-state index in [0.29, 0.717) is 18.9 Å². The summed E-state index contributed by atoms with van der Waals surface area (Å²) in [7, 11) is 0. The summed E-state index contributed by atoms with van der Waals surface area (Å²) in [5, 5.41) is 11.1. The number of hydrogen-bond acceptors (Lipinski definition) is 3. The van der Waals surface area contributed by atoms with Gasteiger partial charge in [0.25, 0.3) is 0 Å². The minimum absolute atomic E-state index is 0.0435. The number of carbonyl (C=O) groups is 2. The monoisotopic (exact) mass is 216 g/mol. The molecule has 2 atom stereocenters. The maximum absolute atomic E-state index is 11.3. The Hall–Kier alpha value is -1.10. The van der Waals surface area contributed by atoms with E-state index in [1.54, 1.807) is 6.92 Å². The molecule has 0 aromatic heterocycles. The first-order chi connectivity index (χ1) is 6.95. The smallest absolute Gasteiger partial charge is 0.305 e. The van der Waals surface area contributed by atoms with Gasteiger partial charge >= 0.3 is 5.97 Å². The van der Waals surface area contributed by atoms with E-state index in [2.05, 4.69) is 5.32 Å². The van der Waals surface area contributed by atoms with Crippen molar-refractivity contribution in [2.45, 2.75) is 39.2 Å². The number of rotatable bonds is 7. The molecule has 0 aliphatic carbocycles. The van der Waals surface area contributed by atoms with Gasteiger partial charge in [-0.15, -0.1) is 0 Å². The van der Waals surface area contributed by atoms with E-state index in [0.717, 1.165) is 6.42 Å². The molecule has 0 bridgehead atoms. The van der Waals surface area contributed by atoms with Gasteiger partial charge in [-0.1, -0.05) is 6.92 Å². The molecule has 5 nitrogen and oxygen atoms in total. The van der Waals surface area contributed by atoms with Gasteiger partial charge in [0.05, 0.1) is 6.42 Å². The van der Waals surface area contributed by atoms with Crippen LogP contribution in [0.15, 0.2) is 0 Å². The highest BCUT2D eigenvalue weighted by Gasteiger charge is 2.11. The Kier molecular flexibility index (Phi) is 6.70. The second kappa shape index (κ2) is 7.23. The summed E-state index contributed by atoms with van der Waals surface area (Å²) in [6.07, 6.45) is 1.10. The second-order valence-corrected chi connectivity index (χ2v) is 3.95. The average molecular weight is 216 g/mol. The molecule has 88 valence electrons. The molecule has 2 unspecified atom stereocenters. The van der Waals surface area contributed by atoms with Gasteiger partial charge in [-0.2, -0.15) is 0 Å². The molecule has 0 fully saturated rings. The van der Waals surface area contributed by atoms with E-state index in [9.17, 15) is 9.59 Å². The SMILES string of the molecule is CC(CN)CCC(=O)NC(C)CC(=O)O.